The third-order valence-electron chi connectivity index (χ3n) is 2.75. The molecule has 2 N–H and O–H groups in total. The lowest BCUT2D eigenvalue weighted by molar-refractivity contribution is 0.417. The van der Waals surface area contributed by atoms with Crippen LogP contribution >= 0.6 is 0 Å². The average molecular weight is 216 g/mol. The second-order valence-corrected chi connectivity index (χ2v) is 3.88. The molecule has 0 saturated heterocycles. The van der Waals surface area contributed by atoms with Gasteiger partial charge in [-0.3, -0.25) is 0 Å². The molecule has 3 nitrogen and oxygen atoms in total. The van der Waals surface area contributed by atoms with E-state index in [1.54, 1.807) is 7.11 Å². The van der Waals surface area contributed by atoms with Crippen LogP contribution in [0.2, 0.25) is 0 Å². The van der Waals surface area contributed by atoms with Gasteiger partial charge in [0.25, 0.3) is 0 Å². The number of ether oxygens (including phenoxy) is 1. The summed E-state index contributed by atoms with van der Waals surface area (Å²) in [5.74, 6) is 0.713. The van der Waals surface area contributed by atoms with Gasteiger partial charge in [0.05, 0.1) is 12.8 Å². The summed E-state index contributed by atoms with van der Waals surface area (Å²) in [6, 6.07) is 10.0. The van der Waals surface area contributed by atoms with Crippen LogP contribution in [-0.2, 0) is 0 Å². The highest BCUT2D eigenvalue weighted by molar-refractivity contribution is 5.58. The Kier molecular flexibility index (Phi) is 2.60. The Labute approximate surface area is 95.5 Å². The fraction of sp³-hybridized carbons (Fsp3) is 0.231. The average Bonchev–Trinajstić information content (AvgIpc) is 2.60. The van der Waals surface area contributed by atoms with Crippen LogP contribution in [0.3, 0.4) is 0 Å². The molecule has 0 fully saturated rings. The van der Waals surface area contributed by atoms with Gasteiger partial charge in [-0.25, -0.2) is 0 Å². The first-order valence-electron chi connectivity index (χ1n) is 5.22. The Balaban J connectivity index is 2.57. The minimum Gasteiger partial charge on any atom is -0.495 e. The largest absolute Gasteiger partial charge is 0.495 e. The van der Waals surface area contributed by atoms with E-state index < -0.39 is 0 Å². The molecule has 1 aromatic carbocycles. The van der Waals surface area contributed by atoms with Gasteiger partial charge < -0.3 is 15.0 Å². The number of nitrogens with zero attached hydrogens (tertiary/aromatic N) is 1. The number of aromatic nitrogens is 1. The Hall–Kier alpha value is -1.90. The summed E-state index contributed by atoms with van der Waals surface area (Å²) in [7, 11) is 1.63. The summed E-state index contributed by atoms with van der Waals surface area (Å²) in [6.07, 6.45) is 0. The molecule has 0 amide bonds. The number of rotatable bonds is 2. The van der Waals surface area contributed by atoms with Crippen molar-refractivity contribution in [2.45, 2.75) is 13.8 Å². The number of benzene rings is 1. The van der Waals surface area contributed by atoms with Crippen molar-refractivity contribution in [3.8, 4) is 11.4 Å². The summed E-state index contributed by atoms with van der Waals surface area (Å²) >= 11 is 0. The maximum absolute atomic E-state index is 5.80. The van der Waals surface area contributed by atoms with E-state index >= 15 is 0 Å². The first-order valence-corrected chi connectivity index (χ1v) is 5.22. The maximum Gasteiger partial charge on any atom is 0.143 e. The molecule has 16 heavy (non-hydrogen) atoms. The quantitative estimate of drug-likeness (QED) is 0.784. The number of anilines is 1. The lowest BCUT2D eigenvalue weighted by Gasteiger charge is -2.12. The molecule has 0 aliphatic heterocycles. The summed E-state index contributed by atoms with van der Waals surface area (Å²) in [5.41, 5.74) is 9.93. The minimum atomic E-state index is 0.661. The molecule has 0 bridgehead atoms. The number of hydrogen-bond donors (Lipinski definition) is 1. The van der Waals surface area contributed by atoms with Crippen LogP contribution in [0.25, 0.3) is 5.69 Å². The summed E-state index contributed by atoms with van der Waals surface area (Å²) < 4.78 is 7.39. The monoisotopic (exact) mass is 216 g/mol. The van der Waals surface area contributed by atoms with Crippen LogP contribution in [0, 0.1) is 13.8 Å². The van der Waals surface area contributed by atoms with Crippen LogP contribution < -0.4 is 10.5 Å². The topological polar surface area (TPSA) is 40.2 Å². The van der Waals surface area contributed by atoms with Crippen molar-refractivity contribution in [3.05, 3.63) is 41.7 Å². The standard InChI is InChI=1S/C13H16N2O/c1-9-4-5-10(2)15(9)11-6-7-12(14)13(8-11)16-3/h4-8H,14H2,1-3H3. The smallest absolute Gasteiger partial charge is 0.143 e. The van der Waals surface area contributed by atoms with Gasteiger partial charge >= 0.3 is 0 Å². The lowest BCUT2D eigenvalue weighted by atomic mass is 10.2. The highest BCUT2D eigenvalue weighted by Gasteiger charge is 2.06. The van der Waals surface area contributed by atoms with Crippen molar-refractivity contribution >= 4 is 5.69 Å². The van der Waals surface area contributed by atoms with Crippen LogP contribution in [0.4, 0.5) is 5.69 Å². The molecule has 2 aromatic rings. The van der Waals surface area contributed by atoms with Crippen molar-refractivity contribution in [1.82, 2.24) is 4.57 Å². The zero-order valence-corrected chi connectivity index (χ0v) is 9.82. The molecule has 0 unspecified atom stereocenters. The molecule has 0 aliphatic carbocycles. The minimum absolute atomic E-state index is 0.661. The second-order valence-electron chi connectivity index (χ2n) is 3.88. The number of nitrogen functional groups attached to an aromatic ring is 1. The Morgan fingerprint density at radius 1 is 1.06 bits per heavy atom. The van der Waals surface area contributed by atoms with Crippen LogP contribution in [0.15, 0.2) is 30.3 Å². The first kappa shape index (κ1) is 10.6. The number of aryl methyl sites for hydroxylation is 2. The van der Waals surface area contributed by atoms with Gasteiger partial charge in [-0.2, -0.15) is 0 Å². The van der Waals surface area contributed by atoms with Crippen molar-refractivity contribution in [2.24, 2.45) is 0 Å². The predicted octanol–water partition coefficient (Wildman–Crippen LogP) is 2.68. The van der Waals surface area contributed by atoms with Crippen LogP contribution in [-0.4, -0.2) is 11.7 Å². The van der Waals surface area contributed by atoms with Crippen molar-refractivity contribution in [2.75, 3.05) is 12.8 Å². The van der Waals surface area contributed by atoms with Crippen molar-refractivity contribution in [3.63, 3.8) is 0 Å². The van der Waals surface area contributed by atoms with E-state index in [0.29, 0.717) is 11.4 Å². The Bertz CT molecular complexity index is 495. The van der Waals surface area contributed by atoms with Gasteiger partial charge in [0, 0.05) is 23.1 Å². The van der Waals surface area contributed by atoms with E-state index in [-0.39, 0.29) is 0 Å². The van der Waals surface area contributed by atoms with Gasteiger partial charge in [0.15, 0.2) is 0 Å². The van der Waals surface area contributed by atoms with Gasteiger partial charge in [-0.1, -0.05) is 0 Å². The van der Waals surface area contributed by atoms with E-state index in [0.717, 1.165) is 5.69 Å². The molecule has 1 aromatic heterocycles. The molecule has 2 rings (SSSR count). The summed E-state index contributed by atoms with van der Waals surface area (Å²) in [4.78, 5) is 0. The zero-order chi connectivity index (χ0) is 11.7. The molecule has 0 radical (unpaired) electrons. The number of methoxy groups -OCH3 is 1. The SMILES string of the molecule is COc1cc(-n2c(C)ccc2C)ccc1N. The molecular formula is C13H16N2O. The van der Waals surface area contributed by atoms with Gasteiger partial charge in [-0.15, -0.1) is 0 Å². The molecule has 0 aliphatic rings. The Morgan fingerprint density at radius 3 is 2.25 bits per heavy atom. The fourth-order valence-electron chi connectivity index (χ4n) is 1.91. The van der Waals surface area contributed by atoms with Crippen molar-refractivity contribution in [1.29, 1.82) is 0 Å². The molecular weight excluding hydrogens is 200 g/mol. The Morgan fingerprint density at radius 2 is 1.69 bits per heavy atom. The van der Waals surface area contributed by atoms with Gasteiger partial charge in [0.2, 0.25) is 0 Å². The highest BCUT2D eigenvalue weighted by Crippen LogP contribution is 2.26. The fourth-order valence-corrected chi connectivity index (χ4v) is 1.91. The lowest BCUT2D eigenvalue weighted by Crippen LogP contribution is -2.00. The van der Waals surface area contributed by atoms with E-state index in [9.17, 15) is 0 Å². The van der Waals surface area contributed by atoms with Crippen molar-refractivity contribution < 1.29 is 4.74 Å². The molecule has 0 spiro atoms. The predicted molar refractivity (Wildman–Crippen MR) is 66.2 cm³/mol. The third kappa shape index (κ3) is 1.65. The van der Waals surface area contributed by atoms with E-state index in [1.165, 1.54) is 11.4 Å². The summed E-state index contributed by atoms with van der Waals surface area (Å²) in [5, 5.41) is 0. The van der Waals surface area contributed by atoms with E-state index in [1.807, 2.05) is 18.2 Å². The van der Waals surface area contributed by atoms with Gasteiger partial charge in [0.1, 0.15) is 5.75 Å². The normalized spacial score (nSPS) is 10.4. The third-order valence-corrected chi connectivity index (χ3v) is 2.75. The zero-order valence-electron chi connectivity index (χ0n) is 9.82. The van der Waals surface area contributed by atoms with E-state index in [4.69, 9.17) is 10.5 Å². The van der Waals surface area contributed by atoms with Crippen LogP contribution in [0.1, 0.15) is 11.4 Å². The van der Waals surface area contributed by atoms with Gasteiger partial charge in [-0.05, 0) is 38.1 Å². The maximum atomic E-state index is 5.80. The van der Waals surface area contributed by atoms with Crippen LogP contribution in [0.5, 0.6) is 5.75 Å². The van der Waals surface area contributed by atoms with E-state index in [2.05, 4.69) is 30.5 Å². The molecule has 84 valence electrons. The first-order chi connectivity index (χ1) is 7.63. The number of nitrogens with two attached hydrogens (primary N) is 1. The molecule has 0 atom stereocenters. The number of hydrogen-bond acceptors (Lipinski definition) is 2. The summed E-state index contributed by atoms with van der Waals surface area (Å²) in [6.45, 7) is 4.16. The molecule has 0 saturated carbocycles. The second kappa shape index (κ2) is 3.93. The molecule has 1 heterocycles. The molecule has 3 heteroatoms. The highest BCUT2D eigenvalue weighted by atomic mass is 16.5.